The van der Waals surface area contributed by atoms with Crippen molar-refractivity contribution in [2.75, 3.05) is 25.4 Å². The van der Waals surface area contributed by atoms with Crippen LogP contribution >= 0.6 is 11.3 Å². The van der Waals surface area contributed by atoms with E-state index in [0.29, 0.717) is 55.8 Å². The van der Waals surface area contributed by atoms with Gasteiger partial charge >= 0.3 is 0 Å². The zero-order chi connectivity index (χ0) is 47.0. The Balaban J connectivity index is 0.901. The number of phenolic OH excluding ortho intramolecular Hbond substituents is 1. The summed E-state index contributed by atoms with van der Waals surface area (Å²) in [6.45, 7) is 8.65. The summed E-state index contributed by atoms with van der Waals surface area (Å²) >= 11 is 1.57. The summed E-state index contributed by atoms with van der Waals surface area (Å²) in [5.74, 6) is -0.608. The number of unbranched alkanes of at least 4 members (excludes halogenated alkanes) is 2. The number of hydrogen-bond donors (Lipinski definition) is 5. The molecule has 2 aromatic heterocycles. The molecule has 2 fully saturated rings. The number of hydrogen-bond acceptors (Lipinski definition) is 12. The van der Waals surface area contributed by atoms with Crippen molar-refractivity contribution in [3.63, 3.8) is 0 Å². The number of piperidine rings is 1. The predicted molar refractivity (Wildman–Crippen MR) is 253 cm³/mol. The predicted octanol–water partition coefficient (Wildman–Crippen LogP) is 6.39. The number of anilines is 1. The van der Waals surface area contributed by atoms with Gasteiger partial charge in [0.05, 0.1) is 28.7 Å². The van der Waals surface area contributed by atoms with E-state index >= 15 is 0 Å². The molecule has 4 heterocycles. The molecule has 16 heteroatoms. The first-order chi connectivity index (χ1) is 31.6. The van der Waals surface area contributed by atoms with E-state index in [2.05, 4.69) is 37.9 Å². The van der Waals surface area contributed by atoms with Crippen LogP contribution in [-0.4, -0.2) is 103 Å². The molecule has 0 radical (unpaired) electrons. The summed E-state index contributed by atoms with van der Waals surface area (Å²) in [5, 5.41) is 35.2. The minimum absolute atomic E-state index is 0.0120. The number of nitrogen functional groups attached to an aromatic ring is 1. The molecule has 5 aromatic rings. The van der Waals surface area contributed by atoms with Gasteiger partial charge in [-0.05, 0) is 60.4 Å². The lowest BCUT2D eigenvalue weighted by molar-refractivity contribution is -0.144. The number of rotatable bonds is 16. The Kier molecular flexibility index (Phi) is 15.3. The highest BCUT2D eigenvalue weighted by atomic mass is 32.1. The number of aromatic nitrogens is 3. The number of aliphatic hydroxyl groups is 1. The largest absolute Gasteiger partial charge is 0.507 e. The molecule has 0 saturated carbocycles. The third kappa shape index (κ3) is 11.9. The number of thiazole rings is 1. The van der Waals surface area contributed by atoms with Crippen molar-refractivity contribution in [1.82, 2.24) is 35.6 Å². The molecule has 2 saturated heterocycles. The second-order valence-corrected chi connectivity index (χ2v) is 19.2. The highest BCUT2D eigenvalue weighted by Gasteiger charge is 2.44. The Hall–Kier alpha value is -6.39. The summed E-state index contributed by atoms with van der Waals surface area (Å²) < 4.78 is 6.45. The lowest BCUT2D eigenvalue weighted by Gasteiger charge is -2.38. The molecule has 7 rings (SSSR count). The van der Waals surface area contributed by atoms with Crippen LogP contribution in [0.3, 0.4) is 0 Å². The van der Waals surface area contributed by atoms with Crippen LogP contribution in [0.1, 0.15) is 88.5 Å². The van der Waals surface area contributed by atoms with Crippen LogP contribution in [0, 0.1) is 12.3 Å². The van der Waals surface area contributed by atoms with Crippen molar-refractivity contribution < 1.29 is 34.1 Å². The maximum absolute atomic E-state index is 14.1. The third-order valence-electron chi connectivity index (χ3n) is 12.3. The van der Waals surface area contributed by atoms with Crippen LogP contribution in [0.4, 0.5) is 5.82 Å². The molecule has 66 heavy (non-hydrogen) atoms. The van der Waals surface area contributed by atoms with Crippen molar-refractivity contribution in [3.8, 4) is 33.2 Å². The number of ether oxygens (including phenoxy) is 1. The number of nitrogens with two attached hydrogens (primary N) is 1. The van der Waals surface area contributed by atoms with Gasteiger partial charge < -0.3 is 41.1 Å². The number of carbonyl (C=O) groups is 4. The van der Waals surface area contributed by atoms with Gasteiger partial charge in [-0.3, -0.25) is 19.2 Å². The maximum Gasteiger partial charge on any atom is 0.246 e. The molecule has 5 atom stereocenters. The smallest absolute Gasteiger partial charge is 0.246 e. The van der Waals surface area contributed by atoms with Crippen molar-refractivity contribution in [1.29, 1.82) is 0 Å². The number of benzene rings is 3. The number of β-amino-alcohol motifs (C(OH)–C–C–N with tert-alkyl or cyclic N) is 1. The number of aromatic hydroxyl groups is 1. The van der Waals surface area contributed by atoms with Crippen LogP contribution in [-0.2, 0) is 25.7 Å². The highest BCUT2D eigenvalue weighted by Crippen LogP contribution is 2.35. The van der Waals surface area contributed by atoms with Crippen molar-refractivity contribution in [3.05, 3.63) is 107 Å². The molecule has 2 unspecified atom stereocenters. The van der Waals surface area contributed by atoms with Gasteiger partial charge in [0, 0.05) is 56.4 Å². The third-order valence-corrected chi connectivity index (χ3v) is 13.3. The van der Waals surface area contributed by atoms with Gasteiger partial charge in [-0.15, -0.1) is 21.5 Å². The zero-order valence-electron chi connectivity index (χ0n) is 38.0. The normalized spacial score (nSPS) is 19.0. The Labute approximate surface area is 389 Å². The highest BCUT2D eigenvalue weighted by molar-refractivity contribution is 7.13. The van der Waals surface area contributed by atoms with Crippen LogP contribution in [0.25, 0.3) is 21.7 Å². The maximum atomic E-state index is 14.1. The van der Waals surface area contributed by atoms with Gasteiger partial charge in [0.25, 0.3) is 0 Å². The first-order valence-corrected chi connectivity index (χ1v) is 23.5. The first kappa shape index (κ1) is 47.6. The monoisotopic (exact) mass is 916 g/mol. The van der Waals surface area contributed by atoms with Gasteiger partial charge in [0.1, 0.15) is 29.6 Å². The summed E-state index contributed by atoms with van der Waals surface area (Å²) in [5.41, 5.74) is 12.2. The number of nitrogens with one attached hydrogen (secondary N) is 2. The van der Waals surface area contributed by atoms with Gasteiger partial charge in [-0.2, -0.15) is 0 Å². The Bertz CT molecular complexity index is 2480. The molecule has 4 amide bonds. The fourth-order valence-electron chi connectivity index (χ4n) is 8.70. The van der Waals surface area contributed by atoms with Gasteiger partial charge in [0.15, 0.2) is 11.6 Å². The Morgan fingerprint density at radius 2 is 1.64 bits per heavy atom. The van der Waals surface area contributed by atoms with E-state index in [1.165, 1.54) is 4.90 Å². The van der Waals surface area contributed by atoms with Crippen LogP contribution in [0.5, 0.6) is 11.5 Å². The second kappa shape index (κ2) is 21.3. The minimum atomic E-state index is -0.933. The topological polar surface area (TPSA) is 213 Å². The standard InChI is InChI=1S/C50H60N8O7S/c1-31-45(66-30-53-31)34-21-19-32(20-22-34)26-52-48(63)40-24-36(59)28-58(40)49(64)46(50(2,3)4)54-43(61)17-9-6-10-18-44(62)57-27-35(33-13-7-5-8-14-33)23-37(29-57)65-42-25-39(55-56-47(42)51)38-15-11-12-16-41(38)60/h5,7-8,11-16,19-22,25,30,35-37,40,46,59-60H,6,9-10,17-18,23-24,26-29H2,1-4H3,(H2,51,56)(H,52,63)(H,54,61)/t35?,36-,37?,40+,46-/m1/s1. The Morgan fingerprint density at radius 3 is 2.35 bits per heavy atom. The van der Waals surface area contributed by atoms with Gasteiger partial charge in [0.2, 0.25) is 23.6 Å². The molecular formula is C50H60N8O7S. The van der Waals surface area contributed by atoms with Gasteiger partial charge in [-0.25, -0.2) is 4.98 Å². The van der Waals surface area contributed by atoms with Crippen molar-refractivity contribution in [2.24, 2.45) is 5.41 Å². The fourth-order valence-corrected chi connectivity index (χ4v) is 9.51. The van der Waals surface area contributed by atoms with E-state index in [1.807, 2.05) is 80.6 Å². The summed E-state index contributed by atoms with van der Waals surface area (Å²) in [6.07, 6.45) is 1.60. The molecule has 6 N–H and O–H groups in total. The van der Waals surface area contributed by atoms with E-state index in [9.17, 15) is 29.4 Å². The van der Waals surface area contributed by atoms with Crippen LogP contribution < -0.4 is 21.1 Å². The average Bonchev–Trinajstić information content (AvgIpc) is 3.93. The average molecular weight is 917 g/mol. The minimum Gasteiger partial charge on any atom is -0.507 e. The SMILES string of the molecule is Cc1ncsc1-c1ccc(CNC(=O)[C@@H]2C[C@@H](O)CN2C(=O)[C@@H](NC(=O)CCCCCC(=O)N2CC(Oc3cc(-c4ccccc4O)nnc3N)CC(c3ccccc3)C2)C(C)(C)C)cc1. The lowest BCUT2D eigenvalue weighted by atomic mass is 9.85. The summed E-state index contributed by atoms with van der Waals surface area (Å²) in [4.78, 5) is 63.4. The lowest BCUT2D eigenvalue weighted by Crippen LogP contribution is -2.57. The van der Waals surface area contributed by atoms with E-state index in [4.69, 9.17) is 10.5 Å². The number of para-hydroxylation sites is 1. The molecule has 15 nitrogen and oxygen atoms in total. The van der Waals surface area contributed by atoms with Gasteiger partial charge in [-0.1, -0.05) is 93.9 Å². The molecule has 2 aliphatic heterocycles. The molecule has 348 valence electrons. The van der Waals surface area contributed by atoms with Crippen LogP contribution in [0.2, 0.25) is 0 Å². The number of likely N-dealkylation sites (tertiary alicyclic amines) is 2. The van der Waals surface area contributed by atoms with Crippen LogP contribution in [0.15, 0.2) is 90.4 Å². The Morgan fingerprint density at radius 1 is 0.909 bits per heavy atom. The number of aryl methyl sites for hydroxylation is 1. The molecule has 0 bridgehead atoms. The summed E-state index contributed by atoms with van der Waals surface area (Å²) in [6, 6.07) is 24.5. The number of carbonyl (C=O) groups excluding carboxylic acids is 4. The van der Waals surface area contributed by atoms with Crippen molar-refractivity contribution >= 4 is 40.8 Å². The number of amides is 4. The molecular weight excluding hydrogens is 857 g/mol. The molecule has 3 aromatic carbocycles. The first-order valence-electron chi connectivity index (χ1n) is 22.6. The number of phenols is 1. The summed E-state index contributed by atoms with van der Waals surface area (Å²) in [7, 11) is 0. The van der Waals surface area contributed by atoms with E-state index in [0.717, 1.165) is 27.3 Å². The molecule has 0 spiro atoms. The van der Waals surface area contributed by atoms with E-state index in [1.54, 1.807) is 41.7 Å². The molecule has 2 aliphatic rings. The van der Waals surface area contributed by atoms with E-state index < -0.39 is 35.6 Å². The molecule has 0 aliphatic carbocycles. The quantitative estimate of drug-likeness (QED) is 0.0685. The number of aliphatic hydroxyl groups excluding tert-OH is 1. The second-order valence-electron chi connectivity index (χ2n) is 18.4. The zero-order valence-corrected chi connectivity index (χ0v) is 38.8. The fraction of sp³-hybridized carbons (Fsp3) is 0.420. The number of nitrogens with zero attached hydrogens (tertiary/aromatic N) is 5. The van der Waals surface area contributed by atoms with E-state index in [-0.39, 0.29) is 67.6 Å². The van der Waals surface area contributed by atoms with Crippen molar-refractivity contribution in [2.45, 2.75) is 109 Å².